The van der Waals surface area contributed by atoms with Crippen molar-refractivity contribution in [1.29, 1.82) is 0 Å². The number of piperazine rings is 1. The molecular formula is C23H32N6O2S. The van der Waals surface area contributed by atoms with Crippen molar-refractivity contribution in [2.24, 2.45) is 0 Å². The normalized spacial score (nSPS) is 16.0. The summed E-state index contributed by atoms with van der Waals surface area (Å²) in [6.07, 6.45) is 5.59. The smallest absolute Gasteiger partial charge is 0.245 e. The summed E-state index contributed by atoms with van der Waals surface area (Å²) in [6.45, 7) is 11.9. The van der Waals surface area contributed by atoms with Crippen molar-refractivity contribution in [3.63, 3.8) is 0 Å². The minimum Gasteiger partial charge on any atom is -0.354 e. The number of hydrogen-bond acceptors (Lipinski definition) is 6. The fraction of sp³-hybridized carbons (Fsp3) is 0.478. The van der Waals surface area contributed by atoms with Gasteiger partial charge in [0.15, 0.2) is 0 Å². The average Bonchev–Trinajstić information content (AvgIpc) is 3.16. The van der Waals surface area contributed by atoms with E-state index in [-0.39, 0.29) is 17.0 Å². The Bertz CT molecular complexity index is 1110. The van der Waals surface area contributed by atoms with Crippen molar-refractivity contribution >= 4 is 21.5 Å². The first-order valence-corrected chi connectivity index (χ1v) is 12.6. The summed E-state index contributed by atoms with van der Waals surface area (Å²) in [5.41, 5.74) is 2.03. The van der Waals surface area contributed by atoms with E-state index in [4.69, 9.17) is 0 Å². The lowest BCUT2D eigenvalue weighted by Crippen LogP contribution is -2.46. The van der Waals surface area contributed by atoms with E-state index in [1.54, 1.807) is 6.07 Å². The molecule has 3 aromatic heterocycles. The van der Waals surface area contributed by atoms with Crippen LogP contribution in [0.3, 0.4) is 0 Å². The van der Waals surface area contributed by atoms with Crippen LogP contribution in [-0.4, -0.2) is 70.3 Å². The van der Waals surface area contributed by atoms with Crippen LogP contribution in [0.4, 0.5) is 5.82 Å². The van der Waals surface area contributed by atoms with Gasteiger partial charge >= 0.3 is 0 Å². The maximum Gasteiger partial charge on any atom is 0.245 e. The molecule has 0 saturated carbocycles. The Morgan fingerprint density at radius 1 is 1.00 bits per heavy atom. The second-order valence-electron chi connectivity index (χ2n) is 8.84. The lowest BCUT2D eigenvalue weighted by atomic mass is 10.3. The number of rotatable bonds is 7. The molecule has 0 atom stereocenters. The number of anilines is 1. The molecule has 1 aliphatic heterocycles. The van der Waals surface area contributed by atoms with Gasteiger partial charge in [0.05, 0.1) is 5.69 Å². The molecule has 0 amide bonds. The van der Waals surface area contributed by atoms with Crippen LogP contribution in [0.15, 0.2) is 53.8 Å². The van der Waals surface area contributed by atoms with Crippen LogP contribution < -0.4 is 4.90 Å². The number of nitrogens with zero attached hydrogens (tertiary/aromatic N) is 6. The zero-order chi connectivity index (χ0) is 22.9. The summed E-state index contributed by atoms with van der Waals surface area (Å²) in [5, 5.41) is 0. The van der Waals surface area contributed by atoms with Gasteiger partial charge in [-0.05, 0) is 52.0 Å². The molecular weight excluding hydrogens is 424 g/mol. The van der Waals surface area contributed by atoms with Crippen LogP contribution in [0.25, 0.3) is 5.65 Å². The Kier molecular flexibility index (Phi) is 6.50. The predicted octanol–water partition coefficient (Wildman–Crippen LogP) is 2.86. The van der Waals surface area contributed by atoms with E-state index < -0.39 is 10.0 Å². The summed E-state index contributed by atoms with van der Waals surface area (Å²) in [7, 11) is -3.57. The Balaban J connectivity index is 1.38. The van der Waals surface area contributed by atoms with Crippen LogP contribution in [-0.2, 0) is 16.6 Å². The number of aromatic nitrogens is 3. The molecule has 0 N–H and O–H groups in total. The highest BCUT2D eigenvalue weighted by atomic mass is 32.2. The third-order valence-electron chi connectivity index (χ3n) is 5.81. The minimum atomic E-state index is -3.57. The minimum absolute atomic E-state index is 0.110. The number of fused-ring (bicyclic) bond motifs is 1. The van der Waals surface area contributed by atoms with Gasteiger partial charge < -0.3 is 9.30 Å². The Morgan fingerprint density at radius 3 is 2.31 bits per heavy atom. The van der Waals surface area contributed by atoms with E-state index in [2.05, 4.69) is 26.0 Å². The average molecular weight is 457 g/mol. The highest BCUT2D eigenvalue weighted by Gasteiger charge is 2.30. The number of hydrogen-bond donors (Lipinski definition) is 0. The van der Waals surface area contributed by atoms with Gasteiger partial charge in [-0.2, -0.15) is 4.31 Å². The second-order valence-corrected chi connectivity index (χ2v) is 10.7. The van der Waals surface area contributed by atoms with Gasteiger partial charge in [-0.1, -0.05) is 6.07 Å². The maximum atomic E-state index is 13.0. The lowest BCUT2D eigenvalue weighted by Gasteiger charge is -2.35. The van der Waals surface area contributed by atoms with Gasteiger partial charge in [0.2, 0.25) is 10.0 Å². The molecule has 1 aliphatic rings. The van der Waals surface area contributed by atoms with Crippen molar-refractivity contribution in [3.8, 4) is 0 Å². The highest BCUT2D eigenvalue weighted by molar-refractivity contribution is 7.89. The number of sulfonamides is 1. The first-order chi connectivity index (χ1) is 15.3. The summed E-state index contributed by atoms with van der Waals surface area (Å²) in [5.74, 6) is 0.817. The Hall–Kier alpha value is -2.49. The standard InChI is InChI=1S/C23H32N6O2S/c1-18(2)29(19(3)4)32(30,31)21-8-9-22(24-15-21)27-13-11-26(12-14-27)16-20-17-28-10-6-5-7-23(28)25-20/h5-10,15,17-19H,11-14,16H2,1-4H3. The van der Waals surface area contributed by atoms with Crippen molar-refractivity contribution in [2.45, 2.75) is 51.2 Å². The van der Waals surface area contributed by atoms with Crippen LogP contribution >= 0.6 is 0 Å². The summed E-state index contributed by atoms with van der Waals surface area (Å²) in [6, 6.07) is 9.29. The summed E-state index contributed by atoms with van der Waals surface area (Å²) in [4.78, 5) is 14.0. The van der Waals surface area contributed by atoms with Gasteiger partial charge in [0.25, 0.3) is 0 Å². The van der Waals surface area contributed by atoms with Gasteiger partial charge in [-0.25, -0.2) is 18.4 Å². The van der Waals surface area contributed by atoms with Crippen molar-refractivity contribution in [2.75, 3.05) is 31.1 Å². The van der Waals surface area contributed by atoms with Gasteiger partial charge in [-0.3, -0.25) is 4.90 Å². The molecule has 3 aromatic rings. The number of imidazole rings is 1. The van der Waals surface area contributed by atoms with Crippen molar-refractivity contribution in [1.82, 2.24) is 23.6 Å². The van der Waals surface area contributed by atoms with E-state index in [9.17, 15) is 8.42 Å². The zero-order valence-corrected chi connectivity index (χ0v) is 20.0. The zero-order valence-electron chi connectivity index (χ0n) is 19.2. The topological polar surface area (TPSA) is 74.1 Å². The molecule has 32 heavy (non-hydrogen) atoms. The molecule has 9 heteroatoms. The van der Waals surface area contributed by atoms with E-state index in [1.165, 1.54) is 10.5 Å². The predicted molar refractivity (Wildman–Crippen MR) is 126 cm³/mol. The lowest BCUT2D eigenvalue weighted by molar-refractivity contribution is 0.247. The fourth-order valence-electron chi connectivity index (χ4n) is 4.41. The van der Waals surface area contributed by atoms with Crippen LogP contribution in [0.1, 0.15) is 33.4 Å². The van der Waals surface area contributed by atoms with Gasteiger partial charge in [-0.15, -0.1) is 0 Å². The monoisotopic (exact) mass is 456 g/mol. The van der Waals surface area contributed by atoms with Crippen LogP contribution in [0.5, 0.6) is 0 Å². The maximum absolute atomic E-state index is 13.0. The molecule has 0 radical (unpaired) electrons. The van der Waals surface area contributed by atoms with Crippen molar-refractivity contribution < 1.29 is 8.42 Å². The Labute approximate surface area is 190 Å². The van der Waals surface area contributed by atoms with E-state index in [1.807, 2.05) is 62.6 Å². The van der Waals surface area contributed by atoms with Crippen LogP contribution in [0, 0.1) is 0 Å². The van der Waals surface area contributed by atoms with Gasteiger partial charge in [0.1, 0.15) is 16.4 Å². The molecule has 0 unspecified atom stereocenters. The van der Waals surface area contributed by atoms with Crippen LogP contribution in [0.2, 0.25) is 0 Å². The SMILES string of the molecule is CC(C)N(C(C)C)S(=O)(=O)c1ccc(N2CCN(Cc3cn4ccccc4n3)CC2)nc1. The quantitative estimate of drug-likeness (QED) is 0.544. The largest absolute Gasteiger partial charge is 0.354 e. The molecule has 1 saturated heterocycles. The highest BCUT2D eigenvalue weighted by Crippen LogP contribution is 2.23. The van der Waals surface area contributed by atoms with Gasteiger partial charge in [0, 0.05) is 63.4 Å². The first-order valence-electron chi connectivity index (χ1n) is 11.1. The first kappa shape index (κ1) is 22.7. The molecule has 0 aliphatic carbocycles. The third-order valence-corrected chi connectivity index (χ3v) is 8.05. The van der Waals surface area contributed by atoms with Crippen molar-refractivity contribution in [3.05, 3.63) is 54.6 Å². The summed E-state index contributed by atoms with van der Waals surface area (Å²) >= 11 is 0. The molecule has 8 nitrogen and oxygen atoms in total. The second kappa shape index (κ2) is 9.17. The fourth-order valence-corrected chi connectivity index (χ4v) is 6.19. The summed E-state index contributed by atoms with van der Waals surface area (Å²) < 4.78 is 29.7. The molecule has 1 fully saturated rings. The molecule has 4 rings (SSSR count). The number of pyridine rings is 2. The molecule has 172 valence electrons. The molecule has 0 spiro atoms. The van der Waals surface area contributed by atoms with E-state index >= 15 is 0 Å². The molecule has 0 aromatic carbocycles. The van der Waals surface area contributed by atoms with E-state index in [0.717, 1.165) is 49.9 Å². The molecule has 0 bridgehead atoms. The Morgan fingerprint density at radius 2 is 1.72 bits per heavy atom. The third kappa shape index (κ3) is 4.65. The molecule has 4 heterocycles. The van der Waals surface area contributed by atoms with E-state index in [0.29, 0.717) is 0 Å².